The number of benzene rings is 2. The predicted octanol–water partition coefficient (Wildman–Crippen LogP) is 4.44. The molecule has 1 aromatic heterocycles. The fourth-order valence-electron chi connectivity index (χ4n) is 7.06. The molecular formula is C27H25BrN2O3. The van der Waals surface area contributed by atoms with Gasteiger partial charge in [-0.3, -0.25) is 4.98 Å². The van der Waals surface area contributed by atoms with Crippen molar-refractivity contribution >= 4 is 15.9 Å². The lowest BCUT2D eigenvalue weighted by atomic mass is 9.49. The van der Waals surface area contributed by atoms with E-state index in [4.69, 9.17) is 14.5 Å². The molecule has 168 valence electrons. The molecule has 1 fully saturated rings. The molecule has 33 heavy (non-hydrogen) atoms. The van der Waals surface area contributed by atoms with Gasteiger partial charge in [0.25, 0.3) is 0 Å². The number of likely N-dealkylation sites (N-methyl/N-ethyl adjacent to an activating group) is 1. The molecule has 4 atom stereocenters. The summed E-state index contributed by atoms with van der Waals surface area (Å²) in [6.45, 7) is 0.926. The molecule has 4 aliphatic rings. The number of nitrogens with zero attached hydrogens (tertiary/aromatic N) is 2. The van der Waals surface area contributed by atoms with E-state index in [9.17, 15) is 5.11 Å². The number of hydrogen-bond donors (Lipinski definition) is 1. The fraction of sp³-hybridized carbons (Fsp3) is 0.370. The van der Waals surface area contributed by atoms with Crippen LogP contribution in [0.1, 0.15) is 34.9 Å². The van der Waals surface area contributed by atoms with E-state index in [1.165, 1.54) is 5.56 Å². The largest absolute Gasteiger partial charge is 0.493 e. The molecule has 2 aliphatic carbocycles. The van der Waals surface area contributed by atoms with Crippen molar-refractivity contribution in [3.8, 4) is 22.6 Å². The first-order chi connectivity index (χ1) is 16.0. The molecule has 0 amide bonds. The number of aromatic nitrogens is 1. The highest BCUT2D eigenvalue weighted by Crippen LogP contribution is 2.68. The van der Waals surface area contributed by atoms with Crippen LogP contribution >= 0.6 is 15.9 Å². The number of methoxy groups -OCH3 is 1. The van der Waals surface area contributed by atoms with Crippen LogP contribution in [0, 0.1) is 0 Å². The molecule has 3 aromatic rings. The number of fused-ring (bicyclic) bond motifs is 2. The maximum absolute atomic E-state index is 12.6. The van der Waals surface area contributed by atoms with Crippen LogP contribution in [-0.2, 0) is 18.3 Å². The van der Waals surface area contributed by atoms with E-state index >= 15 is 0 Å². The number of ether oxygens (including phenoxy) is 2. The Kier molecular flexibility index (Phi) is 3.99. The molecule has 2 aliphatic heterocycles. The zero-order chi connectivity index (χ0) is 22.5. The molecule has 7 rings (SSSR count). The summed E-state index contributed by atoms with van der Waals surface area (Å²) in [7, 11) is 3.83. The molecule has 5 nitrogen and oxygen atoms in total. The highest BCUT2D eigenvalue weighted by Gasteiger charge is 2.72. The number of rotatable bonds is 2. The van der Waals surface area contributed by atoms with Crippen LogP contribution in [0.3, 0.4) is 0 Å². The number of halogens is 1. The summed E-state index contributed by atoms with van der Waals surface area (Å²) in [4.78, 5) is 7.32. The van der Waals surface area contributed by atoms with Crippen LogP contribution in [0.4, 0.5) is 0 Å². The molecule has 3 heterocycles. The van der Waals surface area contributed by atoms with Crippen molar-refractivity contribution < 1.29 is 14.6 Å². The monoisotopic (exact) mass is 504 g/mol. The third-order valence-corrected chi connectivity index (χ3v) is 9.10. The number of likely N-dealkylation sites (tertiary alicyclic amines) is 1. The summed E-state index contributed by atoms with van der Waals surface area (Å²) < 4.78 is 13.5. The minimum absolute atomic E-state index is 0.0358. The third kappa shape index (κ3) is 2.37. The van der Waals surface area contributed by atoms with Crippen molar-refractivity contribution in [1.29, 1.82) is 0 Å². The molecule has 0 saturated carbocycles. The van der Waals surface area contributed by atoms with Crippen LogP contribution in [-0.4, -0.2) is 47.3 Å². The predicted molar refractivity (Wildman–Crippen MR) is 129 cm³/mol. The lowest BCUT2D eigenvalue weighted by Crippen LogP contribution is -2.74. The Bertz CT molecular complexity index is 1310. The second-order valence-corrected chi connectivity index (χ2v) is 10.8. The summed E-state index contributed by atoms with van der Waals surface area (Å²) in [6.07, 6.45) is 3.86. The van der Waals surface area contributed by atoms with Crippen LogP contribution < -0.4 is 9.47 Å². The minimum Gasteiger partial charge on any atom is -0.493 e. The third-order valence-electron chi connectivity index (χ3n) is 8.57. The molecule has 1 saturated heterocycles. The van der Waals surface area contributed by atoms with Crippen molar-refractivity contribution in [3.05, 3.63) is 75.5 Å². The Morgan fingerprint density at radius 3 is 2.76 bits per heavy atom. The summed E-state index contributed by atoms with van der Waals surface area (Å²) in [5, 5.41) is 12.6. The van der Waals surface area contributed by atoms with Crippen molar-refractivity contribution in [1.82, 2.24) is 9.88 Å². The lowest BCUT2D eigenvalue weighted by Gasteiger charge is -2.62. The lowest BCUT2D eigenvalue weighted by molar-refractivity contribution is -0.168. The highest BCUT2D eigenvalue weighted by molar-refractivity contribution is 9.10. The van der Waals surface area contributed by atoms with Crippen LogP contribution in [0.25, 0.3) is 11.1 Å². The van der Waals surface area contributed by atoms with Crippen molar-refractivity contribution in [2.75, 3.05) is 20.7 Å². The topological polar surface area (TPSA) is 54.8 Å². The molecular weight excluding hydrogens is 480 g/mol. The van der Waals surface area contributed by atoms with E-state index in [-0.39, 0.29) is 12.1 Å². The number of aliphatic hydroxyl groups is 1. The molecule has 6 heteroatoms. The maximum Gasteiger partial charge on any atom is 0.166 e. The van der Waals surface area contributed by atoms with E-state index in [0.717, 1.165) is 63.3 Å². The Morgan fingerprint density at radius 2 is 1.97 bits per heavy atom. The van der Waals surface area contributed by atoms with Gasteiger partial charge in [0.05, 0.1) is 23.8 Å². The quantitative estimate of drug-likeness (QED) is 0.559. The van der Waals surface area contributed by atoms with Gasteiger partial charge in [0, 0.05) is 34.3 Å². The number of hydrogen-bond acceptors (Lipinski definition) is 5. The highest BCUT2D eigenvalue weighted by atomic mass is 79.9. The van der Waals surface area contributed by atoms with Gasteiger partial charge in [0.2, 0.25) is 0 Å². The van der Waals surface area contributed by atoms with Gasteiger partial charge in [-0.1, -0.05) is 34.1 Å². The molecule has 1 N–H and O–H groups in total. The first-order valence-electron chi connectivity index (χ1n) is 11.5. The Balaban J connectivity index is 1.46. The second-order valence-electron chi connectivity index (χ2n) is 9.93. The fourth-order valence-corrected chi connectivity index (χ4v) is 7.33. The smallest absolute Gasteiger partial charge is 0.166 e. The molecule has 2 bridgehead atoms. The Labute approximate surface area is 201 Å². The minimum atomic E-state index is -0.928. The van der Waals surface area contributed by atoms with Gasteiger partial charge in [-0.2, -0.15) is 0 Å². The van der Waals surface area contributed by atoms with Crippen molar-refractivity contribution in [2.45, 2.75) is 42.4 Å². The summed E-state index contributed by atoms with van der Waals surface area (Å²) >= 11 is 3.52. The van der Waals surface area contributed by atoms with Gasteiger partial charge in [-0.05, 0) is 67.4 Å². The second kappa shape index (κ2) is 6.59. The number of pyridine rings is 1. The normalized spacial score (nSPS) is 30.9. The SMILES string of the molecule is COc1ccc2c3c1O[C@H]1c4ncc(-c5ccc(Br)cc5)cc4C[C@@]4(O)[C@H](C2)N(C)CC[C@]314. The average Bonchev–Trinajstić information content (AvgIpc) is 3.17. The first-order valence-corrected chi connectivity index (χ1v) is 12.3. The van der Waals surface area contributed by atoms with Gasteiger partial charge >= 0.3 is 0 Å². The van der Waals surface area contributed by atoms with Crippen molar-refractivity contribution in [3.63, 3.8) is 0 Å². The van der Waals surface area contributed by atoms with Crippen LogP contribution in [0.2, 0.25) is 0 Å². The van der Waals surface area contributed by atoms with Gasteiger partial charge in [-0.25, -0.2) is 0 Å². The van der Waals surface area contributed by atoms with E-state index in [1.807, 2.05) is 24.4 Å². The van der Waals surface area contributed by atoms with Gasteiger partial charge in [-0.15, -0.1) is 0 Å². The zero-order valence-electron chi connectivity index (χ0n) is 18.6. The van der Waals surface area contributed by atoms with Gasteiger partial charge in [0.15, 0.2) is 17.6 Å². The van der Waals surface area contributed by atoms with Crippen LogP contribution in [0.5, 0.6) is 11.5 Å². The van der Waals surface area contributed by atoms with Gasteiger partial charge < -0.3 is 19.5 Å². The molecule has 1 spiro atoms. The molecule has 2 aromatic carbocycles. The average molecular weight is 505 g/mol. The van der Waals surface area contributed by atoms with Gasteiger partial charge in [0.1, 0.15) is 0 Å². The summed E-state index contributed by atoms with van der Waals surface area (Å²) in [5.74, 6) is 1.54. The van der Waals surface area contributed by atoms with Crippen LogP contribution in [0.15, 0.2) is 53.1 Å². The number of piperidine rings is 1. The first kappa shape index (κ1) is 20.0. The summed E-state index contributed by atoms with van der Waals surface area (Å²) in [6, 6.07) is 14.7. The maximum atomic E-state index is 12.6. The Hall–Kier alpha value is -2.41. The van der Waals surface area contributed by atoms with E-state index in [0.29, 0.717) is 6.42 Å². The molecule has 0 radical (unpaired) electrons. The standard InChI is InChI=1S/C27H25BrN2O3/c1-30-10-9-26-22-16-5-8-20(32-2)24(22)33-25(26)23-17(13-27(26,31)21(30)12-16)11-18(14-29-23)15-3-6-19(28)7-4-15/h3-8,11,14,21,25,31H,9-10,12-13H2,1-2H3/t21-,25-,26-,27+/m0/s1. The Morgan fingerprint density at radius 1 is 1.15 bits per heavy atom. The van der Waals surface area contributed by atoms with E-state index < -0.39 is 11.0 Å². The van der Waals surface area contributed by atoms with Crippen molar-refractivity contribution in [2.24, 2.45) is 0 Å². The summed E-state index contributed by atoms with van der Waals surface area (Å²) in [5.41, 5.74) is 5.20. The van der Waals surface area contributed by atoms with E-state index in [2.05, 4.69) is 52.1 Å². The zero-order valence-corrected chi connectivity index (χ0v) is 20.2. The molecule has 0 unspecified atom stereocenters. The van der Waals surface area contributed by atoms with E-state index in [1.54, 1.807) is 7.11 Å².